The van der Waals surface area contributed by atoms with E-state index >= 15 is 0 Å². The fourth-order valence-corrected chi connectivity index (χ4v) is 10.2. The average molecular weight is 893 g/mol. The van der Waals surface area contributed by atoms with Gasteiger partial charge < -0.3 is 9.13 Å². The summed E-state index contributed by atoms with van der Waals surface area (Å²) in [6.07, 6.45) is 0. The number of fused-ring (bicyclic) bond motifs is 6. The molecule has 0 amide bonds. The quantitative estimate of drug-likeness (QED) is 0.152. The van der Waals surface area contributed by atoms with Crippen molar-refractivity contribution >= 4 is 43.6 Å². The zero-order valence-corrected chi connectivity index (χ0v) is 37.8. The molecule has 326 valence electrons. The smallest absolute Gasteiger partial charge is 0.166 e. The van der Waals surface area contributed by atoms with Crippen molar-refractivity contribution in [3.8, 4) is 85.0 Å². The SMILES string of the molecule is N#Cc1cccc(-c2ccc(-c3nc(-c4ccccc4)nc(-c4ccccc4)n3)c(-n3c4ccccc4c4cc(-c5ccccc5)ccc43)c2)c1-n1c2ccccc2c2cc(-c3ccccc3)ccc21. The van der Waals surface area contributed by atoms with E-state index in [0.29, 0.717) is 23.0 Å². The summed E-state index contributed by atoms with van der Waals surface area (Å²) < 4.78 is 4.63. The van der Waals surface area contributed by atoms with E-state index in [1.807, 2.05) is 78.9 Å². The molecule has 0 aliphatic heterocycles. The van der Waals surface area contributed by atoms with Crippen LogP contribution in [0.3, 0.4) is 0 Å². The van der Waals surface area contributed by atoms with Gasteiger partial charge in [0.1, 0.15) is 6.07 Å². The van der Waals surface area contributed by atoms with Crippen molar-refractivity contribution in [2.24, 2.45) is 0 Å². The molecular weight excluding hydrogens is 853 g/mol. The third-order valence-electron chi connectivity index (χ3n) is 13.4. The van der Waals surface area contributed by atoms with Gasteiger partial charge in [-0.15, -0.1) is 0 Å². The third kappa shape index (κ3) is 6.84. The topological polar surface area (TPSA) is 72.3 Å². The molecule has 0 bridgehead atoms. The molecule has 0 unspecified atom stereocenters. The number of benzene rings is 10. The van der Waals surface area contributed by atoms with Crippen molar-refractivity contribution in [1.82, 2.24) is 24.1 Å². The van der Waals surface area contributed by atoms with Gasteiger partial charge in [0.05, 0.1) is 39.0 Å². The Labute approximate surface area is 404 Å². The Morgan fingerprint density at radius 1 is 0.300 bits per heavy atom. The second kappa shape index (κ2) is 16.9. The lowest BCUT2D eigenvalue weighted by atomic mass is 9.97. The summed E-state index contributed by atoms with van der Waals surface area (Å²) >= 11 is 0. The Morgan fingerprint density at radius 2 is 0.743 bits per heavy atom. The average Bonchev–Trinajstić information content (AvgIpc) is 3.95. The fourth-order valence-electron chi connectivity index (χ4n) is 10.2. The number of aromatic nitrogens is 5. The number of para-hydroxylation sites is 3. The van der Waals surface area contributed by atoms with Crippen molar-refractivity contribution in [2.45, 2.75) is 0 Å². The highest BCUT2D eigenvalue weighted by Crippen LogP contribution is 2.43. The third-order valence-corrected chi connectivity index (χ3v) is 13.4. The van der Waals surface area contributed by atoms with Gasteiger partial charge in [0.2, 0.25) is 0 Å². The van der Waals surface area contributed by atoms with Gasteiger partial charge in [-0.05, 0) is 82.4 Å². The summed E-state index contributed by atoms with van der Waals surface area (Å²) in [5.74, 6) is 1.71. The normalized spacial score (nSPS) is 11.4. The molecule has 0 saturated carbocycles. The van der Waals surface area contributed by atoms with Gasteiger partial charge in [-0.3, -0.25) is 0 Å². The number of hydrogen-bond donors (Lipinski definition) is 0. The first-order chi connectivity index (χ1) is 34.7. The summed E-state index contributed by atoms with van der Waals surface area (Å²) in [6.45, 7) is 0. The molecule has 0 atom stereocenters. The van der Waals surface area contributed by atoms with Crippen LogP contribution in [0, 0.1) is 11.3 Å². The molecular formula is C64H40N6. The largest absolute Gasteiger partial charge is 0.308 e. The molecule has 0 radical (unpaired) electrons. The second-order valence-electron chi connectivity index (χ2n) is 17.5. The highest BCUT2D eigenvalue weighted by molar-refractivity contribution is 6.12. The Kier molecular flexibility index (Phi) is 9.78. The van der Waals surface area contributed by atoms with Crippen LogP contribution in [-0.4, -0.2) is 24.1 Å². The summed E-state index contributed by atoms with van der Waals surface area (Å²) in [7, 11) is 0. The first-order valence-electron chi connectivity index (χ1n) is 23.4. The van der Waals surface area contributed by atoms with E-state index in [0.717, 1.165) is 105 Å². The number of nitrogens with zero attached hydrogens (tertiary/aromatic N) is 6. The lowest BCUT2D eigenvalue weighted by Crippen LogP contribution is -2.05. The monoisotopic (exact) mass is 892 g/mol. The van der Waals surface area contributed by atoms with Gasteiger partial charge in [0, 0.05) is 43.8 Å². The van der Waals surface area contributed by atoms with Gasteiger partial charge in [-0.1, -0.05) is 188 Å². The molecule has 3 aromatic heterocycles. The summed E-state index contributed by atoms with van der Waals surface area (Å²) in [6, 6.07) is 86.9. The summed E-state index contributed by atoms with van der Waals surface area (Å²) in [4.78, 5) is 15.6. The molecule has 13 rings (SSSR count). The van der Waals surface area contributed by atoms with Crippen molar-refractivity contribution in [1.29, 1.82) is 5.26 Å². The zero-order valence-electron chi connectivity index (χ0n) is 37.8. The Balaban J connectivity index is 1.10. The van der Waals surface area contributed by atoms with E-state index < -0.39 is 0 Å². The number of nitriles is 1. The van der Waals surface area contributed by atoms with Gasteiger partial charge in [-0.2, -0.15) is 5.26 Å². The van der Waals surface area contributed by atoms with Crippen LogP contribution in [-0.2, 0) is 0 Å². The van der Waals surface area contributed by atoms with Gasteiger partial charge >= 0.3 is 0 Å². The molecule has 0 saturated heterocycles. The minimum Gasteiger partial charge on any atom is -0.308 e. The molecule has 0 aliphatic rings. The standard InChI is InChI=1S/C64H40N6/c65-41-49-26-17-29-50(61(49)70-57-31-16-14-28-52(57)55-39-47(34-37-59(55)70)43-20-7-2-8-21-43)48-32-35-53(64-67-62(44-22-9-3-10-23-44)66-63(68-64)45-24-11-4-12-25-45)60(40-48)69-56-30-15-13-27-51(56)54-38-46(33-36-58(54)69)42-18-5-1-6-19-42/h1-40H. The van der Waals surface area contributed by atoms with Crippen molar-refractivity contribution in [3.63, 3.8) is 0 Å². The van der Waals surface area contributed by atoms with Crippen LogP contribution in [0.15, 0.2) is 243 Å². The molecule has 13 aromatic rings. The van der Waals surface area contributed by atoms with Crippen molar-refractivity contribution in [2.75, 3.05) is 0 Å². The molecule has 6 heteroatoms. The highest BCUT2D eigenvalue weighted by Gasteiger charge is 2.24. The van der Waals surface area contributed by atoms with Gasteiger partial charge in [0.25, 0.3) is 0 Å². The number of hydrogen-bond acceptors (Lipinski definition) is 4. The van der Waals surface area contributed by atoms with E-state index in [4.69, 9.17) is 15.0 Å². The highest BCUT2D eigenvalue weighted by atomic mass is 15.1. The zero-order chi connectivity index (χ0) is 46.5. The van der Waals surface area contributed by atoms with E-state index in [1.165, 1.54) is 0 Å². The summed E-state index contributed by atoms with van der Waals surface area (Å²) in [5, 5.41) is 15.5. The maximum absolute atomic E-state index is 11.0. The predicted molar refractivity (Wildman–Crippen MR) is 286 cm³/mol. The maximum Gasteiger partial charge on any atom is 0.166 e. The number of rotatable bonds is 8. The van der Waals surface area contributed by atoms with Crippen LogP contribution in [0.4, 0.5) is 0 Å². The predicted octanol–water partition coefficient (Wildman–Crippen LogP) is 15.9. The van der Waals surface area contributed by atoms with Crippen LogP contribution < -0.4 is 0 Å². The van der Waals surface area contributed by atoms with Crippen LogP contribution in [0.25, 0.3) is 123 Å². The second-order valence-corrected chi connectivity index (χ2v) is 17.5. The van der Waals surface area contributed by atoms with E-state index in [9.17, 15) is 5.26 Å². The first-order valence-corrected chi connectivity index (χ1v) is 23.4. The molecule has 70 heavy (non-hydrogen) atoms. The molecule has 10 aromatic carbocycles. The molecule has 0 N–H and O–H groups in total. The van der Waals surface area contributed by atoms with Crippen LogP contribution in [0.1, 0.15) is 5.56 Å². The van der Waals surface area contributed by atoms with E-state index in [-0.39, 0.29) is 0 Å². The van der Waals surface area contributed by atoms with Gasteiger partial charge in [0.15, 0.2) is 17.5 Å². The molecule has 0 fully saturated rings. The Hall–Kier alpha value is -9.70. The van der Waals surface area contributed by atoms with E-state index in [2.05, 4.69) is 179 Å². The fraction of sp³-hybridized carbons (Fsp3) is 0. The first kappa shape index (κ1) is 40.6. The Morgan fingerprint density at radius 3 is 1.29 bits per heavy atom. The minimum absolute atomic E-state index is 0.545. The van der Waals surface area contributed by atoms with E-state index in [1.54, 1.807) is 0 Å². The maximum atomic E-state index is 11.0. The summed E-state index contributed by atoms with van der Waals surface area (Å²) in [5.41, 5.74) is 15.5. The molecule has 0 aliphatic carbocycles. The van der Waals surface area contributed by atoms with Crippen LogP contribution >= 0.6 is 0 Å². The molecule has 6 nitrogen and oxygen atoms in total. The molecule has 0 spiro atoms. The van der Waals surface area contributed by atoms with Crippen molar-refractivity contribution < 1.29 is 0 Å². The molecule has 3 heterocycles. The van der Waals surface area contributed by atoms with Gasteiger partial charge in [-0.25, -0.2) is 15.0 Å². The minimum atomic E-state index is 0.545. The van der Waals surface area contributed by atoms with Crippen molar-refractivity contribution in [3.05, 3.63) is 248 Å². The lowest BCUT2D eigenvalue weighted by molar-refractivity contribution is 1.06. The Bertz CT molecular complexity index is 4110. The van der Waals surface area contributed by atoms with Crippen LogP contribution in [0.2, 0.25) is 0 Å². The van der Waals surface area contributed by atoms with Crippen LogP contribution in [0.5, 0.6) is 0 Å². The lowest BCUT2D eigenvalue weighted by Gasteiger charge is -2.19.